The number of halogens is 1. The third-order valence-electron chi connectivity index (χ3n) is 5.72. The molecule has 2 aliphatic rings. The zero-order valence-corrected chi connectivity index (χ0v) is 19.6. The van der Waals surface area contributed by atoms with Gasteiger partial charge in [0.2, 0.25) is 10.0 Å². The first-order chi connectivity index (χ1) is 15.2. The van der Waals surface area contributed by atoms with Crippen LogP contribution in [0, 0.1) is 0 Å². The average Bonchev–Trinajstić information content (AvgIpc) is 3.31. The lowest BCUT2D eigenvalue weighted by atomic mass is 10.2. The molecule has 0 N–H and O–H groups in total. The Morgan fingerprint density at radius 2 is 1.47 bits per heavy atom. The number of likely N-dealkylation sites (tertiary alicyclic amines) is 1. The number of hydrogen-bond acceptors (Lipinski definition) is 6. The van der Waals surface area contributed by atoms with Gasteiger partial charge in [-0.1, -0.05) is 11.6 Å². The van der Waals surface area contributed by atoms with E-state index in [0.717, 1.165) is 0 Å². The first-order valence-corrected chi connectivity index (χ1v) is 13.5. The second-order valence-electron chi connectivity index (χ2n) is 7.70. The van der Waals surface area contributed by atoms with Gasteiger partial charge in [-0.05, 0) is 55.0 Å². The summed E-state index contributed by atoms with van der Waals surface area (Å²) in [5.74, 6) is -0.325. The summed E-state index contributed by atoms with van der Waals surface area (Å²) >= 11 is 5.84. The van der Waals surface area contributed by atoms with Crippen LogP contribution in [0.25, 0.3) is 0 Å². The number of morpholine rings is 1. The van der Waals surface area contributed by atoms with E-state index in [1.165, 1.54) is 57.7 Å². The van der Waals surface area contributed by atoms with Crippen molar-refractivity contribution in [2.75, 3.05) is 39.4 Å². The van der Waals surface area contributed by atoms with Gasteiger partial charge < -0.3 is 9.64 Å². The van der Waals surface area contributed by atoms with Crippen molar-refractivity contribution < 1.29 is 26.4 Å². The number of benzene rings is 2. The maximum atomic E-state index is 12.9. The van der Waals surface area contributed by atoms with Crippen LogP contribution in [0.3, 0.4) is 0 Å². The number of hydrogen-bond donors (Lipinski definition) is 0. The number of ether oxygens (including phenoxy) is 1. The molecule has 0 saturated carbocycles. The van der Waals surface area contributed by atoms with Crippen LogP contribution in [0.5, 0.6) is 0 Å². The van der Waals surface area contributed by atoms with Gasteiger partial charge in [0.1, 0.15) is 0 Å². The van der Waals surface area contributed by atoms with Crippen molar-refractivity contribution in [1.82, 2.24) is 9.21 Å². The number of rotatable bonds is 5. The molecule has 0 aromatic heterocycles. The van der Waals surface area contributed by atoms with Gasteiger partial charge in [-0.25, -0.2) is 16.8 Å². The molecule has 2 aromatic carbocycles. The maximum absolute atomic E-state index is 12.9. The maximum Gasteiger partial charge on any atom is 0.253 e. The molecule has 4 rings (SSSR count). The van der Waals surface area contributed by atoms with Crippen molar-refractivity contribution in [1.29, 1.82) is 0 Å². The highest BCUT2D eigenvalue weighted by molar-refractivity contribution is 7.92. The molecule has 0 bridgehead atoms. The van der Waals surface area contributed by atoms with Gasteiger partial charge in [-0.3, -0.25) is 4.79 Å². The van der Waals surface area contributed by atoms with Crippen LogP contribution < -0.4 is 0 Å². The second kappa shape index (κ2) is 9.11. The van der Waals surface area contributed by atoms with Crippen LogP contribution in [-0.4, -0.2) is 76.6 Å². The fraction of sp³-hybridized carbons (Fsp3) is 0.381. The molecule has 2 saturated heterocycles. The topological polar surface area (TPSA) is 101 Å². The smallest absolute Gasteiger partial charge is 0.253 e. The number of carbonyl (C=O) groups excluding carboxylic acids is 1. The van der Waals surface area contributed by atoms with Gasteiger partial charge in [0, 0.05) is 36.8 Å². The molecule has 2 aliphatic heterocycles. The molecule has 1 atom stereocenters. The lowest BCUT2D eigenvalue weighted by Gasteiger charge is -2.26. The molecule has 8 nitrogen and oxygen atoms in total. The van der Waals surface area contributed by atoms with Crippen molar-refractivity contribution in [3.8, 4) is 0 Å². The van der Waals surface area contributed by atoms with E-state index in [1.54, 1.807) is 0 Å². The molecule has 0 radical (unpaired) electrons. The average molecular weight is 499 g/mol. The van der Waals surface area contributed by atoms with Crippen molar-refractivity contribution >= 4 is 37.4 Å². The molecule has 1 amide bonds. The molecule has 2 fully saturated rings. The lowest BCUT2D eigenvalue weighted by Crippen LogP contribution is -2.40. The zero-order chi connectivity index (χ0) is 22.9. The fourth-order valence-electron chi connectivity index (χ4n) is 3.87. The van der Waals surface area contributed by atoms with Gasteiger partial charge in [0.15, 0.2) is 9.84 Å². The summed E-state index contributed by atoms with van der Waals surface area (Å²) in [6, 6.07) is 11.8. The van der Waals surface area contributed by atoms with E-state index in [9.17, 15) is 21.6 Å². The molecular weight excluding hydrogens is 476 g/mol. The van der Waals surface area contributed by atoms with E-state index >= 15 is 0 Å². The van der Waals surface area contributed by atoms with Crippen molar-refractivity contribution in [3.05, 3.63) is 59.1 Å². The molecule has 2 heterocycles. The standard InChI is InChI=1S/C21H23ClN2O6S2/c22-17-3-7-18(8-4-17)31(26,27)20-9-10-23(15-20)21(25)16-1-5-19(6-2-16)32(28,29)24-11-13-30-14-12-24/h1-8,20H,9-15H2. The predicted octanol–water partition coefficient (Wildman–Crippen LogP) is 2.05. The molecule has 1 unspecified atom stereocenters. The fourth-order valence-corrected chi connectivity index (χ4v) is 7.10. The lowest BCUT2D eigenvalue weighted by molar-refractivity contribution is 0.0730. The first kappa shape index (κ1) is 23.2. The Balaban J connectivity index is 1.45. The molecule has 0 spiro atoms. The number of sulfonamides is 1. The van der Waals surface area contributed by atoms with Gasteiger partial charge in [0.25, 0.3) is 5.91 Å². The highest BCUT2D eigenvalue weighted by Crippen LogP contribution is 2.26. The number of sulfone groups is 1. The molecule has 0 aliphatic carbocycles. The van der Waals surface area contributed by atoms with Gasteiger partial charge in [-0.2, -0.15) is 4.31 Å². The van der Waals surface area contributed by atoms with Crippen molar-refractivity contribution in [2.24, 2.45) is 0 Å². The molecular formula is C21H23ClN2O6S2. The summed E-state index contributed by atoms with van der Waals surface area (Å²) in [6.45, 7) is 1.68. The minimum absolute atomic E-state index is 0.0810. The van der Waals surface area contributed by atoms with Crippen LogP contribution >= 0.6 is 11.6 Å². The van der Waals surface area contributed by atoms with Crippen molar-refractivity contribution in [2.45, 2.75) is 21.5 Å². The van der Waals surface area contributed by atoms with Crippen molar-refractivity contribution in [3.63, 3.8) is 0 Å². The van der Waals surface area contributed by atoms with E-state index < -0.39 is 25.1 Å². The monoisotopic (exact) mass is 498 g/mol. The predicted molar refractivity (Wildman–Crippen MR) is 119 cm³/mol. The first-order valence-electron chi connectivity index (χ1n) is 10.2. The third kappa shape index (κ3) is 4.55. The third-order valence-corrected chi connectivity index (χ3v) is 10.1. The summed E-state index contributed by atoms with van der Waals surface area (Å²) < 4.78 is 57.8. The molecule has 172 valence electrons. The second-order valence-corrected chi connectivity index (χ2v) is 12.3. The number of nitrogens with zero attached hydrogens (tertiary/aromatic N) is 2. The Labute approximate surface area is 192 Å². The normalized spacial score (nSPS) is 20.4. The van der Waals surface area contributed by atoms with E-state index in [0.29, 0.717) is 49.9 Å². The summed E-state index contributed by atoms with van der Waals surface area (Å²) in [5, 5.41) is -0.250. The number of amides is 1. The Morgan fingerprint density at radius 1 is 0.875 bits per heavy atom. The Morgan fingerprint density at radius 3 is 2.09 bits per heavy atom. The summed E-state index contributed by atoms with van der Waals surface area (Å²) in [5.41, 5.74) is 0.315. The quantitative estimate of drug-likeness (QED) is 0.625. The highest BCUT2D eigenvalue weighted by atomic mass is 35.5. The van der Waals surface area contributed by atoms with E-state index in [-0.39, 0.29) is 22.2 Å². The Hall–Kier alpha value is -1.98. The van der Waals surface area contributed by atoms with Crippen LogP contribution in [0.2, 0.25) is 5.02 Å². The van der Waals surface area contributed by atoms with Crippen LogP contribution in [-0.2, 0) is 24.6 Å². The van der Waals surface area contributed by atoms with E-state index in [4.69, 9.17) is 16.3 Å². The van der Waals surface area contributed by atoms with Gasteiger partial charge in [0.05, 0.1) is 28.3 Å². The molecule has 32 heavy (non-hydrogen) atoms. The number of carbonyl (C=O) groups is 1. The summed E-state index contributed by atoms with van der Waals surface area (Å²) in [6.07, 6.45) is 0.334. The summed E-state index contributed by atoms with van der Waals surface area (Å²) in [7, 11) is -7.24. The van der Waals surface area contributed by atoms with Crippen LogP contribution in [0.4, 0.5) is 0 Å². The van der Waals surface area contributed by atoms with Crippen LogP contribution in [0.15, 0.2) is 58.3 Å². The molecule has 2 aromatic rings. The van der Waals surface area contributed by atoms with E-state index in [1.807, 2.05) is 0 Å². The Kier molecular flexibility index (Phi) is 6.60. The van der Waals surface area contributed by atoms with Crippen LogP contribution in [0.1, 0.15) is 16.8 Å². The van der Waals surface area contributed by atoms with E-state index in [2.05, 4.69) is 0 Å². The largest absolute Gasteiger partial charge is 0.379 e. The minimum Gasteiger partial charge on any atom is -0.379 e. The van der Waals surface area contributed by atoms with Gasteiger partial charge in [-0.15, -0.1) is 0 Å². The zero-order valence-electron chi connectivity index (χ0n) is 17.2. The SMILES string of the molecule is O=C(c1ccc(S(=O)(=O)N2CCOCC2)cc1)N1CCC(S(=O)(=O)c2ccc(Cl)cc2)C1. The Bertz CT molecular complexity index is 1190. The summed E-state index contributed by atoms with van der Waals surface area (Å²) in [4.78, 5) is 14.7. The van der Waals surface area contributed by atoms with Gasteiger partial charge >= 0.3 is 0 Å². The molecule has 11 heteroatoms. The minimum atomic E-state index is -3.65. The highest BCUT2D eigenvalue weighted by Gasteiger charge is 2.36.